The van der Waals surface area contributed by atoms with E-state index in [2.05, 4.69) is 5.32 Å². The van der Waals surface area contributed by atoms with E-state index < -0.39 is 17.7 Å². The Labute approximate surface area is 93.0 Å². The van der Waals surface area contributed by atoms with Gasteiger partial charge in [-0.2, -0.15) is 0 Å². The first-order valence-corrected chi connectivity index (χ1v) is 5.08. The van der Waals surface area contributed by atoms with Crippen LogP contribution in [0.5, 0.6) is 0 Å². The summed E-state index contributed by atoms with van der Waals surface area (Å²) in [4.78, 5) is 0. The topological polar surface area (TPSA) is 41.5 Å². The third-order valence-corrected chi connectivity index (χ3v) is 1.97. The molecule has 0 aliphatic heterocycles. The molecule has 5 heteroatoms. The Morgan fingerprint density at radius 2 is 2.19 bits per heavy atom. The molecule has 0 amide bonds. The summed E-state index contributed by atoms with van der Waals surface area (Å²) in [7, 11) is 0. The highest BCUT2D eigenvalue weighted by molar-refractivity contribution is 5.44. The second-order valence-electron chi connectivity index (χ2n) is 3.32. The van der Waals surface area contributed by atoms with Gasteiger partial charge in [0.2, 0.25) is 0 Å². The van der Waals surface area contributed by atoms with Gasteiger partial charge in [0.15, 0.2) is 0 Å². The van der Waals surface area contributed by atoms with E-state index in [-0.39, 0.29) is 18.8 Å². The maximum Gasteiger partial charge on any atom is 0.146 e. The Kier molecular flexibility index (Phi) is 5.14. The van der Waals surface area contributed by atoms with Gasteiger partial charge in [-0.05, 0) is 25.1 Å². The number of halogens is 2. The first kappa shape index (κ1) is 12.9. The molecular weight excluding hydrogens is 216 g/mol. The number of hydrogen-bond donors (Lipinski definition) is 2. The summed E-state index contributed by atoms with van der Waals surface area (Å²) in [5.41, 5.74) is 0.0375. The van der Waals surface area contributed by atoms with Crippen molar-refractivity contribution in [2.75, 3.05) is 25.1 Å². The van der Waals surface area contributed by atoms with Gasteiger partial charge in [0.05, 0.1) is 18.4 Å². The van der Waals surface area contributed by atoms with Crippen LogP contribution in [0.25, 0.3) is 0 Å². The minimum absolute atomic E-state index is 0.0375. The molecule has 0 fully saturated rings. The number of anilines is 1. The molecule has 16 heavy (non-hydrogen) atoms. The molecule has 0 heterocycles. The molecule has 0 bridgehead atoms. The lowest BCUT2D eigenvalue weighted by molar-refractivity contribution is 0.0495. The largest absolute Gasteiger partial charge is 0.389 e. The molecule has 90 valence electrons. The van der Waals surface area contributed by atoms with Gasteiger partial charge in [-0.1, -0.05) is 0 Å². The van der Waals surface area contributed by atoms with Crippen LogP contribution in [0.1, 0.15) is 6.92 Å². The van der Waals surface area contributed by atoms with Crippen LogP contribution in [0.4, 0.5) is 14.5 Å². The minimum Gasteiger partial charge on any atom is -0.389 e. The summed E-state index contributed by atoms with van der Waals surface area (Å²) in [5.74, 6) is -1.08. The van der Waals surface area contributed by atoms with Gasteiger partial charge in [0.1, 0.15) is 11.6 Å². The highest BCUT2D eigenvalue weighted by Crippen LogP contribution is 2.14. The second-order valence-corrected chi connectivity index (χ2v) is 3.32. The molecule has 0 saturated carbocycles. The van der Waals surface area contributed by atoms with Crippen molar-refractivity contribution in [1.82, 2.24) is 0 Å². The number of nitrogens with one attached hydrogen (secondary N) is 1. The van der Waals surface area contributed by atoms with E-state index in [0.29, 0.717) is 6.61 Å². The van der Waals surface area contributed by atoms with Crippen LogP contribution in [-0.2, 0) is 4.74 Å². The van der Waals surface area contributed by atoms with Crippen molar-refractivity contribution in [2.24, 2.45) is 0 Å². The van der Waals surface area contributed by atoms with Gasteiger partial charge in [0, 0.05) is 13.2 Å². The van der Waals surface area contributed by atoms with Crippen molar-refractivity contribution < 1.29 is 18.6 Å². The lowest BCUT2D eigenvalue weighted by Gasteiger charge is -2.13. The smallest absolute Gasteiger partial charge is 0.146 e. The predicted molar refractivity (Wildman–Crippen MR) is 57.3 cm³/mol. The van der Waals surface area contributed by atoms with E-state index in [4.69, 9.17) is 4.74 Å². The Morgan fingerprint density at radius 1 is 1.44 bits per heavy atom. The Balaban J connectivity index is 2.44. The monoisotopic (exact) mass is 231 g/mol. The van der Waals surface area contributed by atoms with Crippen LogP contribution in [0, 0.1) is 11.6 Å². The van der Waals surface area contributed by atoms with E-state index in [1.165, 1.54) is 0 Å². The lowest BCUT2D eigenvalue weighted by atomic mass is 10.3. The first-order chi connectivity index (χ1) is 7.63. The SMILES string of the molecule is CCOCC(O)CNc1cc(F)ccc1F. The molecule has 0 aromatic heterocycles. The Bertz CT molecular complexity index is 334. The van der Waals surface area contributed by atoms with Crippen LogP contribution in [0.15, 0.2) is 18.2 Å². The molecule has 3 nitrogen and oxygen atoms in total. The number of benzene rings is 1. The molecule has 0 aliphatic carbocycles. The van der Waals surface area contributed by atoms with E-state index in [1.54, 1.807) is 0 Å². The fourth-order valence-corrected chi connectivity index (χ4v) is 1.17. The van der Waals surface area contributed by atoms with E-state index in [1.807, 2.05) is 6.92 Å². The minimum atomic E-state index is -0.748. The zero-order valence-electron chi connectivity index (χ0n) is 9.04. The zero-order chi connectivity index (χ0) is 12.0. The second kappa shape index (κ2) is 6.40. The number of ether oxygens (including phenoxy) is 1. The lowest BCUT2D eigenvalue weighted by Crippen LogP contribution is -2.25. The maximum atomic E-state index is 13.1. The third-order valence-electron chi connectivity index (χ3n) is 1.97. The van der Waals surface area contributed by atoms with Gasteiger partial charge >= 0.3 is 0 Å². The highest BCUT2D eigenvalue weighted by Gasteiger charge is 2.07. The normalized spacial score (nSPS) is 12.5. The van der Waals surface area contributed by atoms with E-state index >= 15 is 0 Å². The fourth-order valence-electron chi connectivity index (χ4n) is 1.17. The van der Waals surface area contributed by atoms with Crippen LogP contribution >= 0.6 is 0 Å². The van der Waals surface area contributed by atoms with Gasteiger partial charge in [-0.25, -0.2) is 8.78 Å². The van der Waals surface area contributed by atoms with Crippen LogP contribution in [0.3, 0.4) is 0 Å². The third kappa shape index (κ3) is 4.12. The molecule has 1 aromatic rings. The molecule has 1 rings (SSSR count). The van der Waals surface area contributed by atoms with Gasteiger partial charge in [-0.15, -0.1) is 0 Å². The number of aliphatic hydroxyl groups excluding tert-OH is 1. The maximum absolute atomic E-state index is 13.1. The molecule has 0 radical (unpaired) electrons. The average molecular weight is 231 g/mol. The quantitative estimate of drug-likeness (QED) is 0.784. The van der Waals surface area contributed by atoms with Crippen LogP contribution in [-0.4, -0.2) is 31.0 Å². The zero-order valence-corrected chi connectivity index (χ0v) is 9.04. The first-order valence-electron chi connectivity index (χ1n) is 5.08. The summed E-state index contributed by atoms with van der Waals surface area (Å²) in [6, 6.07) is 3.12. The number of aliphatic hydroxyl groups is 1. The summed E-state index contributed by atoms with van der Waals surface area (Å²) in [6.07, 6.45) is -0.748. The van der Waals surface area contributed by atoms with Crippen molar-refractivity contribution in [1.29, 1.82) is 0 Å². The fraction of sp³-hybridized carbons (Fsp3) is 0.455. The van der Waals surface area contributed by atoms with Gasteiger partial charge in [0.25, 0.3) is 0 Å². The standard InChI is InChI=1S/C11H15F2NO2/c1-2-16-7-9(15)6-14-11-5-8(12)3-4-10(11)13/h3-5,9,14-15H,2,6-7H2,1H3. The molecule has 0 spiro atoms. The van der Waals surface area contributed by atoms with Crippen LogP contribution in [0.2, 0.25) is 0 Å². The van der Waals surface area contributed by atoms with Crippen LogP contribution < -0.4 is 5.32 Å². The molecule has 0 saturated heterocycles. The predicted octanol–water partition coefficient (Wildman–Crippen LogP) is 1.77. The van der Waals surface area contributed by atoms with Crippen molar-refractivity contribution in [2.45, 2.75) is 13.0 Å². The van der Waals surface area contributed by atoms with Crippen molar-refractivity contribution in [3.8, 4) is 0 Å². The average Bonchev–Trinajstić information content (AvgIpc) is 2.27. The molecule has 2 N–H and O–H groups in total. The number of rotatable bonds is 6. The molecular formula is C11H15F2NO2. The van der Waals surface area contributed by atoms with Crippen molar-refractivity contribution in [3.63, 3.8) is 0 Å². The van der Waals surface area contributed by atoms with Gasteiger partial charge in [-0.3, -0.25) is 0 Å². The summed E-state index contributed by atoms with van der Waals surface area (Å²) in [6.45, 7) is 2.60. The Morgan fingerprint density at radius 3 is 2.88 bits per heavy atom. The summed E-state index contributed by atoms with van der Waals surface area (Å²) in [5, 5.41) is 12.0. The van der Waals surface area contributed by atoms with Crippen molar-refractivity contribution in [3.05, 3.63) is 29.8 Å². The summed E-state index contributed by atoms with van der Waals surface area (Å²) >= 11 is 0. The number of hydrogen-bond acceptors (Lipinski definition) is 3. The molecule has 1 atom stereocenters. The van der Waals surface area contributed by atoms with Crippen molar-refractivity contribution >= 4 is 5.69 Å². The van der Waals surface area contributed by atoms with E-state index in [0.717, 1.165) is 18.2 Å². The molecule has 1 unspecified atom stereocenters. The molecule has 1 aromatic carbocycles. The van der Waals surface area contributed by atoms with E-state index in [9.17, 15) is 13.9 Å². The molecule has 0 aliphatic rings. The summed E-state index contributed by atoms with van der Waals surface area (Å²) < 4.78 is 30.9. The highest BCUT2D eigenvalue weighted by atomic mass is 19.1. The van der Waals surface area contributed by atoms with Gasteiger partial charge < -0.3 is 15.2 Å². The Hall–Kier alpha value is -1.20.